The van der Waals surface area contributed by atoms with E-state index in [0.29, 0.717) is 5.92 Å². The van der Waals surface area contributed by atoms with Gasteiger partial charge in [-0.1, -0.05) is 19.8 Å². The summed E-state index contributed by atoms with van der Waals surface area (Å²) in [5, 5.41) is 12.9. The van der Waals surface area contributed by atoms with E-state index >= 15 is 0 Å². The summed E-state index contributed by atoms with van der Waals surface area (Å²) in [7, 11) is 0. The molecule has 0 saturated heterocycles. The Balaban J connectivity index is 1.78. The van der Waals surface area contributed by atoms with E-state index in [1.165, 1.54) is 44.3 Å². The first-order valence-electron chi connectivity index (χ1n) is 7.05. The van der Waals surface area contributed by atoms with E-state index < -0.39 is 0 Å². The summed E-state index contributed by atoms with van der Waals surface area (Å²) in [6.07, 6.45) is 8.15. The molecule has 2 aliphatic rings. The molecular weight excluding hydrogens is 228 g/mol. The van der Waals surface area contributed by atoms with Crippen LogP contribution in [0.15, 0.2) is 0 Å². The van der Waals surface area contributed by atoms with Crippen molar-refractivity contribution in [3.63, 3.8) is 0 Å². The predicted molar refractivity (Wildman–Crippen MR) is 74.0 cm³/mol. The monoisotopic (exact) mass is 252 g/mol. The Morgan fingerprint density at radius 3 is 2.53 bits per heavy atom. The topological polar surface area (TPSA) is 35.8 Å². The standard InChI is InChI=1S/C14H24N2S/c1-2-16-14(10-15,13-7-8-13)11-17-9-12-5-3-4-6-12/h12-13,16H,2-9,11H2,1H3. The van der Waals surface area contributed by atoms with Crippen LogP contribution in [-0.4, -0.2) is 23.6 Å². The highest BCUT2D eigenvalue weighted by Gasteiger charge is 2.45. The van der Waals surface area contributed by atoms with Crippen LogP contribution in [0, 0.1) is 23.2 Å². The summed E-state index contributed by atoms with van der Waals surface area (Å²) >= 11 is 2.01. The summed E-state index contributed by atoms with van der Waals surface area (Å²) in [4.78, 5) is 0. The van der Waals surface area contributed by atoms with Crippen LogP contribution in [-0.2, 0) is 0 Å². The van der Waals surface area contributed by atoms with Gasteiger partial charge in [0.05, 0.1) is 6.07 Å². The van der Waals surface area contributed by atoms with Crippen LogP contribution < -0.4 is 5.32 Å². The Morgan fingerprint density at radius 2 is 2.00 bits per heavy atom. The summed E-state index contributed by atoms with van der Waals surface area (Å²) < 4.78 is 0. The molecule has 3 heteroatoms. The van der Waals surface area contributed by atoms with Crippen LogP contribution in [0.5, 0.6) is 0 Å². The first kappa shape index (κ1) is 13.2. The van der Waals surface area contributed by atoms with Crippen molar-refractivity contribution < 1.29 is 0 Å². The molecule has 0 heterocycles. The second-order valence-electron chi connectivity index (χ2n) is 5.55. The second kappa shape index (κ2) is 6.11. The van der Waals surface area contributed by atoms with E-state index in [1.807, 2.05) is 11.8 Å². The highest BCUT2D eigenvalue weighted by Crippen LogP contribution is 2.41. The highest BCUT2D eigenvalue weighted by molar-refractivity contribution is 7.99. The molecule has 2 rings (SSSR count). The van der Waals surface area contributed by atoms with Gasteiger partial charge in [-0.2, -0.15) is 17.0 Å². The molecule has 0 aromatic heterocycles. The lowest BCUT2D eigenvalue weighted by Crippen LogP contribution is -2.48. The Bertz CT molecular complexity index is 276. The average Bonchev–Trinajstić information content (AvgIpc) is 3.07. The number of nitrogens with zero attached hydrogens (tertiary/aromatic N) is 1. The fraction of sp³-hybridized carbons (Fsp3) is 0.929. The minimum absolute atomic E-state index is 0.224. The summed E-state index contributed by atoms with van der Waals surface area (Å²) in [5.74, 6) is 3.79. The maximum Gasteiger partial charge on any atom is 0.118 e. The van der Waals surface area contributed by atoms with E-state index in [0.717, 1.165) is 18.2 Å². The molecule has 2 saturated carbocycles. The van der Waals surface area contributed by atoms with Gasteiger partial charge >= 0.3 is 0 Å². The number of hydrogen-bond acceptors (Lipinski definition) is 3. The molecule has 1 unspecified atom stereocenters. The van der Waals surface area contributed by atoms with Crippen LogP contribution in [0.25, 0.3) is 0 Å². The van der Waals surface area contributed by atoms with E-state index in [1.54, 1.807) is 0 Å². The van der Waals surface area contributed by atoms with Gasteiger partial charge < -0.3 is 0 Å². The summed E-state index contributed by atoms with van der Waals surface area (Å²) in [6.45, 7) is 3.02. The normalized spacial score (nSPS) is 24.5. The fourth-order valence-corrected chi connectivity index (χ4v) is 4.44. The fourth-order valence-electron chi connectivity index (χ4n) is 2.93. The third-order valence-electron chi connectivity index (χ3n) is 4.12. The first-order valence-corrected chi connectivity index (χ1v) is 8.20. The number of nitriles is 1. The Kier molecular flexibility index (Phi) is 4.76. The maximum atomic E-state index is 9.48. The molecule has 0 bridgehead atoms. The van der Waals surface area contributed by atoms with Gasteiger partial charge in [-0.3, -0.25) is 5.32 Å². The summed E-state index contributed by atoms with van der Waals surface area (Å²) in [5.41, 5.74) is -0.224. The van der Waals surface area contributed by atoms with Gasteiger partial charge in [0.2, 0.25) is 0 Å². The molecular formula is C14H24N2S. The third kappa shape index (κ3) is 3.39. The van der Waals surface area contributed by atoms with Crippen molar-refractivity contribution in [2.45, 2.75) is 51.0 Å². The number of rotatable bonds is 7. The second-order valence-corrected chi connectivity index (χ2v) is 6.58. The van der Waals surface area contributed by atoms with E-state index in [-0.39, 0.29) is 5.54 Å². The SMILES string of the molecule is CCNC(C#N)(CSCC1CCCC1)C1CC1. The molecule has 96 valence electrons. The maximum absolute atomic E-state index is 9.48. The molecule has 2 aliphatic carbocycles. The molecule has 0 aromatic carbocycles. The minimum atomic E-state index is -0.224. The van der Waals surface area contributed by atoms with Crippen molar-refractivity contribution in [2.24, 2.45) is 11.8 Å². The van der Waals surface area contributed by atoms with Crippen LogP contribution >= 0.6 is 11.8 Å². The van der Waals surface area contributed by atoms with Gasteiger partial charge in [0.1, 0.15) is 5.54 Å². The van der Waals surface area contributed by atoms with Crippen LogP contribution in [0.4, 0.5) is 0 Å². The van der Waals surface area contributed by atoms with Gasteiger partial charge in [-0.05, 0) is 49.8 Å². The number of thioether (sulfide) groups is 1. The van der Waals surface area contributed by atoms with E-state index in [2.05, 4.69) is 18.3 Å². The Labute approximate surface area is 110 Å². The van der Waals surface area contributed by atoms with Gasteiger partial charge in [-0.15, -0.1) is 0 Å². The van der Waals surface area contributed by atoms with Gasteiger partial charge in [0.15, 0.2) is 0 Å². The van der Waals surface area contributed by atoms with Crippen molar-refractivity contribution in [1.82, 2.24) is 5.32 Å². The minimum Gasteiger partial charge on any atom is -0.299 e. The first-order chi connectivity index (χ1) is 8.30. The van der Waals surface area contributed by atoms with Crippen LogP contribution in [0.1, 0.15) is 45.4 Å². The molecule has 17 heavy (non-hydrogen) atoms. The van der Waals surface area contributed by atoms with E-state index in [4.69, 9.17) is 0 Å². The van der Waals surface area contributed by atoms with Crippen molar-refractivity contribution in [1.29, 1.82) is 5.26 Å². The molecule has 0 spiro atoms. The summed E-state index contributed by atoms with van der Waals surface area (Å²) in [6, 6.07) is 2.57. The lowest BCUT2D eigenvalue weighted by Gasteiger charge is -2.27. The third-order valence-corrected chi connectivity index (χ3v) is 5.49. The molecule has 0 radical (unpaired) electrons. The molecule has 2 nitrogen and oxygen atoms in total. The number of nitrogens with one attached hydrogen (secondary N) is 1. The lowest BCUT2D eigenvalue weighted by molar-refractivity contribution is 0.415. The number of hydrogen-bond donors (Lipinski definition) is 1. The molecule has 1 atom stereocenters. The predicted octanol–water partition coefficient (Wildman–Crippen LogP) is 3.19. The lowest BCUT2D eigenvalue weighted by atomic mass is 9.98. The molecule has 0 aliphatic heterocycles. The largest absolute Gasteiger partial charge is 0.299 e. The van der Waals surface area contributed by atoms with Gasteiger partial charge in [0, 0.05) is 5.75 Å². The van der Waals surface area contributed by atoms with Crippen molar-refractivity contribution in [3.8, 4) is 6.07 Å². The Morgan fingerprint density at radius 1 is 1.29 bits per heavy atom. The van der Waals surface area contributed by atoms with E-state index in [9.17, 15) is 5.26 Å². The molecule has 1 N–H and O–H groups in total. The zero-order chi connectivity index (χ0) is 12.1. The van der Waals surface area contributed by atoms with Crippen molar-refractivity contribution in [3.05, 3.63) is 0 Å². The zero-order valence-electron chi connectivity index (χ0n) is 10.9. The van der Waals surface area contributed by atoms with Crippen molar-refractivity contribution in [2.75, 3.05) is 18.1 Å². The zero-order valence-corrected chi connectivity index (χ0v) is 11.7. The Hall–Kier alpha value is -0.200. The molecule has 2 fully saturated rings. The smallest absolute Gasteiger partial charge is 0.118 e. The molecule has 0 amide bonds. The van der Waals surface area contributed by atoms with Crippen LogP contribution in [0.2, 0.25) is 0 Å². The van der Waals surface area contributed by atoms with Crippen LogP contribution in [0.3, 0.4) is 0 Å². The quantitative estimate of drug-likeness (QED) is 0.756. The molecule has 0 aromatic rings. The van der Waals surface area contributed by atoms with Crippen molar-refractivity contribution >= 4 is 11.8 Å². The average molecular weight is 252 g/mol. The van der Waals surface area contributed by atoms with Gasteiger partial charge in [0.25, 0.3) is 0 Å². The van der Waals surface area contributed by atoms with Gasteiger partial charge in [-0.25, -0.2) is 0 Å². The highest BCUT2D eigenvalue weighted by atomic mass is 32.2.